The molecular weight excluding hydrogens is 367 g/mol. The van der Waals surface area contributed by atoms with E-state index in [1.165, 1.54) is 6.07 Å². The van der Waals surface area contributed by atoms with E-state index in [1.807, 2.05) is 43.3 Å². The van der Waals surface area contributed by atoms with Crippen molar-refractivity contribution < 1.29 is 9.18 Å². The molecule has 3 aromatic rings. The molecule has 1 aliphatic heterocycles. The molecule has 0 bridgehead atoms. The molecule has 6 heteroatoms. The Balaban J connectivity index is 1.45. The first-order valence-electron chi connectivity index (χ1n) is 9.82. The summed E-state index contributed by atoms with van der Waals surface area (Å²) >= 11 is 0. The van der Waals surface area contributed by atoms with Crippen molar-refractivity contribution in [3.63, 3.8) is 0 Å². The number of nitrogens with one attached hydrogen (secondary N) is 1. The second-order valence-corrected chi connectivity index (χ2v) is 7.35. The smallest absolute Gasteiger partial charge is 0.229 e. The fourth-order valence-corrected chi connectivity index (χ4v) is 3.69. The molecule has 4 rings (SSSR count). The van der Waals surface area contributed by atoms with Gasteiger partial charge in [-0.25, -0.2) is 4.39 Å². The second kappa shape index (κ2) is 8.39. The number of para-hydroxylation sites is 1. The number of aryl methyl sites for hydroxylation is 1. The fourth-order valence-electron chi connectivity index (χ4n) is 3.69. The molecule has 1 aliphatic rings. The van der Waals surface area contributed by atoms with Crippen LogP contribution in [-0.4, -0.2) is 29.2 Å². The molecule has 1 N–H and O–H groups in total. The second-order valence-electron chi connectivity index (χ2n) is 7.35. The Morgan fingerprint density at radius 3 is 2.62 bits per heavy atom. The number of rotatable bonds is 4. The van der Waals surface area contributed by atoms with E-state index in [0.717, 1.165) is 42.0 Å². The van der Waals surface area contributed by atoms with E-state index in [2.05, 4.69) is 20.4 Å². The molecule has 148 valence electrons. The van der Waals surface area contributed by atoms with Crippen LogP contribution < -0.4 is 10.2 Å². The molecule has 1 unspecified atom stereocenters. The molecule has 0 saturated carbocycles. The molecule has 2 aromatic carbocycles. The number of carbonyl (C=O) groups is 1. The van der Waals surface area contributed by atoms with Crippen LogP contribution in [0, 0.1) is 18.7 Å². The van der Waals surface area contributed by atoms with Gasteiger partial charge in [0, 0.05) is 18.7 Å². The van der Waals surface area contributed by atoms with Gasteiger partial charge in [-0.2, -0.15) is 0 Å². The number of amides is 1. The first-order chi connectivity index (χ1) is 14.1. The van der Waals surface area contributed by atoms with Crippen LogP contribution in [0.2, 0.25) is 0 Å². The summed E-state index contributed by atoms with van der Waals surface area (Å²) in [7, 11) is 0. The molecule has 29 heavy (non-hydrogen) atoms. The maximum Gasteiger partial charge on any atom is 0.229 e. The molecule has 1 amide bonds. The molecule has 1 fully saturated rings. The van der Waals surface area contributed by atoms with E-state index in [4.69, 9.17) is 0 Å². The third-order valence-electron chi connectivity index (χ3n) is 5.32. The van der Waals surface area contributed by atoms with E-state index in [1.54, 1.807) is 18.2 Å². The van der Waals surface area contributed by atoms with Gasteiger partial charge in [0.15, 0.2) is 5.82 Å². The highest BCUT2D eigenvalue weighted by molar-refractivity contribution is 5.93. The van der Waals surface area contributed by atoms with Gasteiger partial charge in [0.25, 0.3) is 0 Å². The SMILES string of the molecule is Cc1ccccc1-c1ccc(N2CCCC(C(=O)Nc3ccccc3F)C2)nn1. The third kappa shape index (κ3) is 4.26. The van der Waals surface area contributed by atoms with Crippen LogP contribution in [0.4, 0.5) is 15.9 Å². The van der Waals surface area contributed by atoms with Gasteiger partial charge < -0.3 is 10.2 Å². The Morgan fingerprint density at radius 2 is 1.86 bits per heavy atom. The van der Waals surface area contributed by atoms with E-state index in [0.29, 0.717) is 6.54 Å². The summed E-state index contributed by atoms with van der Waals surface area (Å²) in [6, 6.07) is 18.2. The van der Waals surface area contributed by atoms with Crippen LogP contribution in [0.3, 0.4) is 0 Å². The van der Waals surface area contributed by atoms with Gasteiger partial charge in [0.1, 0.15) is 5.82 Å². The predicted octanol–water partition coefficient (Wildman–Crippen LogP) is 4.45. The fraction of sp³-hybridized carbons (Fsp3) is 0.261. The zero-order valence-electron chi connectivity index (χ0n) is 16.3. The third-order valence-corrected chi connectivity index (χ3v) is 5.32. The lowest BCUT2D eigenvalue weighted by Crippen LogP contribution is -2.41. The number of aromatic nitrogens is 2. The number of halogens is 1. The number of benzene rings is 2. The van der Waals surface area contributed by atoms with E-state index >= 15 is 0 Å². The quantitative estimate of drug-likeness (QED) is 0.715. The Hall–Kier alpha value is -3.28. The number of carbonyl (C=O) groups excluding carboxylic acids is 1. The Labute approximate surface area is 169 Å². The van der Waals surface area contributed by atoms with Crippen molar-refractivity contribution in [3.8, 4) is 11.3 Å². The zero-order valence-corrected chi connectivity index (χ0v) is 16.3. The van der Waals surface area contributed by atoms with Gasteiger partial charge in [-0.3, -0.25) is 4.79 Å². The van der Waals surface area contributed by atoms with Crippen LogP contribution in [0.25, 0.3) is 11.3 Å². The maximum absolute atomic E-state index is 13.8. The summed E-state index contributed by atoms with van der Waals surface area (Å²) in [5.41, 5.74) is 3.26. The van der Waals surface area contributed by atoms with Crippen molar-refractivity contribution in [1.29, 1.82) is 0 Å². The molecule has 0 radical (unpaired) electrons. The van der Waals surface area contributed by atoms with Gasteiger partial charge in [-0.1, -0.05) is 36.4 Å². The Morgan fingerprint density at radius 1 is 1.07 bits per heavy atom. The standard InChI is InChI=1S/C23H23FN4O/c1-16-7-2-3-9-18(16)20-12-13-22(27-26-20)28-14-6-8-17(15-28)23(29)25-21-11-5-4-10-19(21)24/h2-5,7,9-13,17H,6,8,14-15H2,1H3,(H,25,29). The van der Waals surface area contributed by atoms with E-state index in [-0.39, 0.29) is 17.5 Å². The predicted molar refractivity (Wildman–Crippen MR) is 112 cm³/mol. The lowest BCUT2D eigenvalue weighted by atomic mass is 9.97. The highest BCUT2D eigenvalue weighted by Gasteiger charge is 2.27. The lowest BCUT2D eigenvalue weighted by Gasteiger charge is -2.32. The van der Waals surface area contributed by atoms with Crippen LogP contribution in [0.5, 0.6) is 0 Å². The van der Waals surface area contributed by atoms with Crippen molar-refractivity contribution in [2.75, 3.05) is 23.3 Å². The normalized spacial score (nSPS) is 16.5. The summed E-state index contributed by atoms with van der Waals surface area (Å²) in [4.78, 5) is 14.7. The number of hydrogen-bond donors (Lipinski definition) is 1. The summed E-state index contributed by atoms with van der Waals surface area (Å²) in [5, 5.41) is 11.5. The van der Waals surface area contributed by atoms with Gasteiger partial charge in [0.05, 0.1) is 17.3 Å². The number of hydrogen-bond acceptors (Lipinski definition) is 4. The highest BCUT2D eigenvalue weighted by atomic mass is 19.1. The average Bonchev–Trinajstić information content (AvgIpc) is 2.76. The molecule has 1 atom stereocenters. The first kappa shape index (κ1) is 19.1. The average molecular weight is 390 g/mol. The minimum atomic E-state index is -0.425. The summed E-state index contributed by atoms with van der Waals surface area (Å²) in [6.45, 7) is 3.41. The van der Waals surface area contributed by atoms with Crippen molar-refractivity contribution in [3.05, 3.63) is 72.0 Å². The van der Waals surface area contributed by atoms with Gasteiger partial charge in [-0.05, 0) is 49.6 Å². The van der Waals surface area contributed by atoms with Crippen molar-refractivity contribution in [2.24, 2.45) is 5.92 Å². The molecule has 1 saturated heterocycles. The number of piperidine rings is 1. The molecule has 1 aromatic heterocycles. The molecule has 0 aliphatic carbocycles. The van der Waals surface area contributed by atoms with Gasteiger partial charge >= 0.3 is 0 Å². The van der Waals surface area contributed by atoms with Crippen molar-refractivity contribution in [1.82, 2.24) is 10.2 Å². The lowest BCUT2D eigenvalue weighted by molar-refractivity contribution is -0.120. The minimum absolute atomic E-state index is 0.163. The molecule has 2 heterocycles. The number of nitrogens with zero attached hydrogens (tertiary/aromatic N) is 3. The maximum atomic E-state index is 13.8. The van der Waals surface area contributed by atoms with E-state index in [9.17, 15) is 9.18 Å². The van der Waals surface area contributed by atoms with E-state index < -0.39 is 5.82 Å². The summed E-state index contributed by atoms with van der Waals surface area (Å²) < 4.78 is 13.8. The molecule has 5 nitrogen and oxygen atoms in total. The largest absolute Gasteiger partial charge is 0.354 e. The zero-order chi connectivity index (χ0) is 20.2. The highest BCUT2D eigenvalue weighted by Crippen LogP contribution is 2.25. The van der Waals surface area contributed by atoms with Crippen molar-refractivity contribution in [2.45, 2.75) is 19.8 Å². The molecule has 0 spiro atoms. The van der Waals surface area contributed by atoms with Gasteiger partial charge in [0.2, 0.25) is 5.91 Å². The summed E-state index contributed by atoms with van der Waals surface area (Å²) in [5.74, 6) is -0.0533. The Kier molecular flexibility index (Phi) is 5.51. The summed E-state index contributed by atoms with van der Waals surface area (Å²) in [6.07, 6.45) is 1.64. The number of anilines is 2. The van der Waals surface area contributed by atoms with Crippen molar-refractivity contribution >= 4 is 17.4 Å². The van der Waals surface area contributed by atoms with Crippen LogP contribution >= 0.6 is 0 Å². The van der Waals surface area contributed by atoms with Crippen LogP contribution in [0.15, 0.2) is 60.7 Å². The van der Waals surface area contributed by atoms with Crippen LogP contribution in [-0.2, 0) is 4.79 Å². The monoisotopic (exact) mass is 390 g/mol. The minimum Gasteiger partial charge on any atom is -0.354 e. The van der Waals surface area contributed by atoms with Crippen LogP contribution in [0.1, 0.15) is 18.4 Å². The first-order valence-corrected chi connectivity index (χ1v) is 9.82. The Bertz CT molecular complexity index is 1010. The van der Waals surface area contributed by atoms with Gasteiger partial charge in [-0.15, -0.1) is 10.2 Å². The molecular formula is C23H23FN4O. The topological polar surface area (TPSA) is 58.1 Å².